The smallest absolute Gasteiger partial charge is 0.193 e. The van der Waals surface area contributed by atoms with E-state index in [1.165, 1.54) is 5.69 Å². The molecule has 0 radical (unpaired) electrons. The zero-order valence-electron chi connectivity index (χ0n) is 10.4. The SMILES string of the molecule is CCNC(=NC)N(C)Cc1cccn1C.I. The summed E-state index contributed by atoms with van der Waals surface area (Å²) < 4.78 is 2.12. The molecule has 1 aromatic heterocycles. The average molecular weight is 336 g/mol. The molecule has 1 heterocycles. The fraction of sp³-hybridized carbons (Fsp3) is 0.545. The summed E-state index contributed by atoms with van der Waals surface area (Å²) in [5.41, 5.74) is 1.27. The highest BCUT2D eigenvalue weighted by Gasteiger charge is 2.06. The maximum Gasteiger partial charge on any atom is 0.193 e. The predicted octanol–water partition coefficient (Wildman–Crippen LogP) is 1.67. The molecular weight excluding hydrogens is 315 g/mol. The summed E-state index contributed by atoms with van der Waals surface area (Å²) in [6.45, 7) is 3.83. The molecular formula is C11H21IN4. The Bertz CT molecular complexity index is 332. The zero-order chi connectivity index (χ0) is 11.3. The lowest BCUT2D eigenvalue weighted by molar-refractivity contribution is 0.464. The third-order valence-electron chi connectivity index (χ3n) is 2.36. The number of hydrogen-bond donors (Lipinski definition) is 1. The quantitative estimate of drug-likeness (QED) is 0.517. The highest BCUT2D eigenvalue weighted by Crippen LogP contribution is 2.03. The number of nitrogens with zero attached hydrogens (tertiary/aromatic N) is 3. The number of aliphatic imine (C=N–C) groups is 1. The van der Waals surface area contributed by atoms with Crippen LogP contribution in [0.2, 0.25) is 0 Å². The Morgan fingerprint density at radius 3 is 2.69 bits per heavy atom. The van der Waals surface area contributed by atoms with E-state index >= 15 is 0 Å². The standard InChI is InChI=1S/C11H20N4.HI/c1-5-13-11(12-2)15(4)9-10-7-6-8-14(10)3;/h6-8H,5,9H2,1-4H3,(H,12,13);1H. The Morgan fingerprint density at radius 2 is 2.25 bits per heavy atom. The molecule has 0 aliphatic rings. The van der Waals surface area contributed by atoms with Gasteiger partial charge in [-0.15, -0.1) is 24.0 Å². The van der Waals surface area contributed by atoms with Gasteiger partial charge in [0.25, 0.3) is 0 Å². The molecule has 0 bridgehead atoms. The van der Waals surface area contributed by atoms with Gasteiger partial charge >= 0.3 is 0 Å². The van der Waals surface area contributed by atoms with Crippen molar-refractivity contribution in [2.75, 3.05) is 20.6 Å². The number of aromatic nitrogens is 1. The summed E-state index contributed by atoms with van der Waals surface area (Å²) in [5, 5.41) is 3.23. The lowest BCUT2D eigenvalue weighted by Gasteiger charge is -2.21. The van der Waals surface area contributed by atoms with Crippen LogP contribution in [0.4, 0.5) is 0 Å². The normalized spacial score (nSPS) is 10.9. The van der Waals surface area contributed by atoms with Gasteiger partial charge in [-0.2, -0.15) is 0 Å². The van der Waals surface area contributed by atoms with E-state index < -0.39 is 0 Å². The molecule has 0 aliphatic carbocycles. The van der Waals surface area contributed by atoms with Gasteiger partial charge in [0.2, 0.25) is 0 Å². The van der Waals surface area contributed by atoms with Gasteiger partial charge in [-0.25, -0.2) is 0 Å². The van der Waals surface area contributed by atoms with E-state index in [1.54, 1.807) is 7.05 Å². The van der Waals surface area contributed by atoms with Crippen LogP contribution in [-0.4, -0.2) is 36.1 Å². The van der Waals surface area contributed by atoms with Crippen molar-refractivity contribution < 1.29 is 0 Å². The van der Waals surface area contributed by atoms with Crippen molar-refractivity contribution in [3.05, 3.63) is 24.0 Å². The molecule has 0 fully saturated rings. The van der Waals surface area contributed by atoms with Crippen LogP contribution in [0.5, 0.6) is 0 Å². The molecule has 0 saturated carbocycles. The Hall–Kier alpha value is -0.720. The molecule has 5 heteroatoms. The first-order valence-corrected chi connectivity index (χ1v) is 5.21. The molecule has 0 aliphatic heterocycles. The van der Waals surface area contributed by atoms with E-state index in [4.69, 9.17) is 0 Å². The zero-order valence-corrected chi connectivity index (χ0v) is 12.7. The third-order valence-corrected chi connectivity index (χ3v) is 2.36. The van der Waals surface area contributed by atoms with E-state index in [1.807, 2.05) is 7.05 Å². The van der Waals surface area contributed by atoms with Crippen molar-refractivity contribution in [1.29, 1.82) is 0 Å². The number of guanidine groups is 1. The maximum absolute atomic E-state index is 4.21. The summed E-state index contributed by atoms with van der Waals surface area (Å²) >= 11 is 0. The van der Waals surface area contributed by atoms with E-state index in [-0.39, 0.29) is 24.0 Å². The Morgan fingerprint density at radius 1 is 1.56 bits per heavy atom. The first-order valence-electron chi connectivity index (χ1n) is 5.21. The second-order valence-electron chi connectivity index (χ2n) is 3.54. The number of rotatable bonds is 3. The van der Waals surface area contributed by atoms with Crippen LogP contribution in [0, 0.1) is 0 Å². The summed E-state index contributed by atoms with van der Waals surface area (Å²) in [4.78, 5) is 6.32. The molecule has 0 aromatic carbocycles. The first-order chi connectivity index (χ1) is 7.19. The van der Waals surface area contributed by atoms with E-state index in [2.05, 4.69) is 52.1 Å². The summed E-state index contributed by atoms with van der Waals surface area (Å²) in [6.07, 6.45) is 2.05. The van der Waals surface area contributed by atoms with Crippen LogP contribution in [0.15, 0.2) is 23.3 Å². The second kappa shape index (κ2) is 7.54. The largest absolute Gasteiger partial charge is 0.357 e. The van der Waals surface area contributed by atoms with E-state index in [0.717, 1.165) is 19.0 Å². The lowest BCUT2D eigenvalue weighted by Crippen LogP contribution is -2.38. The number of aryl methyl sites for hydroxylation is 1. The van der Waals surface area contributed by atoms with Crippen LogP contribution in [0.1, 0.15) is 12.6 Å². The highest BCUT2D eigenvalue weighted by atomic mass is 127. The van der Waals surface area contributed by atoms with Crippen LogP contribution in [0.3, 0.4) is 0 Å². The summed E-state index contributed by atoms with van der Waals surface area (Å²) in [6, 6.07) is 4.18. The lowest BCUT2D eigenvalue weighted by atomic mass is 10.4. The van der Waals surface area contributed by atoms with Gasteiger partial charge in [0.15, 0.2) is 5.96 Å². The molecule has 4 nitrogen and oxygen atoms in total. The first kappa shape index (κ1) is 15.3. The molecule has 1 aromatic rings. The number of halogens is 1. The van der Waals surface area contributed by atoms with Crippen molar-refractivity contribution in [3.8, 4) is 0 Å². The van der Waals surface area contributed by atoms with Gasteiger partial charge in [0.05, 0.1) is 6.54 Å². The van der Waals surface area contributed by atoms with Crippen molar-refractivity contribution in [2.45, 2.75) is 13.5 Å². The van der Waals surface area contributed by atoms with Gasteiger partial charge in [-0.3, -0.25) is 4.99 Å². The molecule has 92 valence electrons. The van der Waals surface area contributed by atoms with Crippen molar-refractivity contribution in [3.63, 3.8) is 0 Å². The minimum atomic E-state index is 0. The number of nitrogens with one attached hydrogen (secondary N) is 1. The summed E-state index contributed by atoms with van der Waals surface area (Å²) in [7, 11) is 5.90. The average Bonchev–Trinajstić information content (AvgIpc) is 2.60. The molecule has 1 N–H and O–H groups in total. The predicted molar refractivity (Wildman–Crippen MR) is 79.3 cm³/mol. The topological polar surface area (TPSA) is 32.6 Å². The van der Waals surface area contributed by atoms with E-state index in [0.29, 0.717) is 0 Å². The molecule has 0 unspecified atom stereocenters. The van der Waals surface area contributed by atoms with E-state index in [9.17, 15) is 0 Å². The van der Waals surface area contributed by atoms with Gasteiger partial charge in [0.1, 0.15) is 0 Å². The number of hydrogen-bond acceptors (Lipinski definition) is 1. The van der Waals surface area contributed by atoms with Crippen LogP contribution < -0.4 is 5.32 Å². The fourth-order valence-corrected chi connectivity index (χ4v) is 1.52. The van der Waals surface area contributed by atoms with Crippen LogP contribution >= 0.6 is 24.0 Å². The molecule has 16 heavy (non-hydrogen) atoms. The highest BCUT2D eigenvalue weighted by molar-refractivity contribution is 14.0. The fourth-order valence-electron chi connectivity index (χ4n) is 1.52. The molecule has 0 atom stereocenters. The second-order valence-corrected chi connectivity index (χ2v) is 3.54. The summed E-state index contributed by atoms with van der Waals surface area (Å²) in [5.74, 6) is 0.929. The maximum atomic E-state index is 4.21. The van der Waals surface area contributed by atoms with Gasteiger partial charge in [0, 0.05) is 39.6 Å². The minimum Gasteiger partial charge on any atom is -0.357 e. The van der Waals surface area contributed by atoms with Gasteiger partial charge < -0.3 is 14.8 Å². The third kappa shape index (κ3) is 4.03. The molecule has 0 spiro atoms. The van der Waals surface area contributed by atoms with Gasteiger partial charge in [-0.05, 0) is 19.1 Å². The van der Waals surface area contributed by atoms with Gasteiger partial charge in [-0.1, -0.05) is 0 Å². The van der Waals surface area contributed by atoms with Crippen molar-refractivity contribution >= 4 is 29.9 Å². The Kier molecular flexibility index (Phi) is 7.20. The van der Waals surface area contributed by atoms with Crippen molar-refractivity contribution in [2.24, 2.45) is 12.0 Å². The molecule has 0 saturated heterocycles. The monoisotopic (exact) mass is 336 g/mol. The molecule has 1 rings (SSSR count). The Balaban J connectivity index is 0.00000225. The Labute approximate surface area is 115 Å². The van der Waals surface area contributed by atoms with Crippen molar-refractivity contribution in [1.82, 2.24) is 14.8 Å². The molecule has 0 amide bonds. The van der Waals surface area contributed by atoms with Crippen LogP contribution in [-0.2, 0) is 13.6 Å². The minimum absolute atomic E-state index is 0. The van der Waals surface area contributed by atoms with Crippen LogP contribution in [0.25, 0.3) is 0 Å².